The minimum Gasteiger partial charge on any atom is -0.423 e. The molecule has 2 aliphatic carbocycles. The number of hydrogen-bond acceptors (Lipinski definition) is 7. The predicted octanol–water partition coefficient (Wildman–Crippen LogP) is 4.29. The van der Waals surface area contributed by atoms with Gasteiger partial charge in [0, 0.05) is 55.0 Å². The summed E-state index contributed by atoms with van der Waals surface area (Å²) >= 11 is 0. The fraction of sp³-hybridized carbons (Fsp3) is 0.423. The van der Waals surface area contributed by atoms with Gasteiger partial charge in [-0.05, 0) is 61.1 Å². The Kier molecular flexibility index (Phi) is 4.78. The lowest BCUT2D eigenvalue weighted by Gasteiger charge is -2.29. The van der Waals surface area contributed by atoms with E-state index in [0.717, 1.165) is 65.5 Å². The van der Waals surface area contributed by atoms with E-state index in [0.29, 0.717) is 18.1 Å². The van der Waals surface area contributed by atoms with Crippen LogP contribution in [0.5, 0.6) is 11.8 Å². The summed E-state index contributed by atoms with van der Waals surface area (Å²) in [7, 11) is 1.81. The van der Waals surface area contributed by atoms with Crippen LogP contribution in [0, 0.1) is 24.1 Å². The van der Waals surface area contributed by atoms with Crippen molar-refractivity contribution in [1.29, 1.82) is 0 Å². The zero-order chi connectivity index (χ0) is 23.6. The van der Waals surface area contributed by atoms with Crippen molar-refractivity contribution in [3.63, 3.8) is 0 Å². The Labute approximate surface area is 198 Å². The predicted molar refractivity (Wildman–Crippen MR) is 130 cm³/mol. The SMILES string of the molecule is CNc1cc(F)cc2c1Cc1nc(Oc3ccc(C)nc3)nc(N3C[C@H]4CCC(N)[C@@]4(C)C3)c1-2. The molecule has 34 heavy (non-hydrogen) atoms. The number of aryl methyl sites for hydroxylation is 1. The molecule has 176 valence electrons. The number of anilines is 2. The highest BCUT2D eigenvalue weighted by Gasteiger charge is 2.51. The number of pyridine rings is 1. The second-order valence-electron chi connectivity index (χ2n) is 10.1. The Morgan fingerprint density at radius 1 is 1.24 bits per heavy atom. The Bertz CT molecular complexity index is 1280. The van der Waals surface area contributed by atoms with E-state index in [9.17, 15) is 4.39 Å². The smallest absolute Gasteiger partial charge is 0.324 e. The molecule has 3 atom stereocenters. The summed E-state index contributed by atoms with van der Waals surface area (Å²) in [6, 6.07) is 7.35. The molecule has 1 saturated carbocycles. The van der Waals surface area contributed by atoms with Gasteiger partial charge in [-0.3, -0.25) is 4.98 Å². The van der Waals surface area contributed by atoms with Crippen molar-refractivity contribution in [1.82, 2.24) is 15.0 Å². The number of nitrogens with one attached hydrogen (secondary N) is 1. The molecule has 3 N–H and O–H groups in total. The van der Waals surface area contributed by atoms with Crippen LogP contribution in [0.3, 0.4) is 0 Å². The highest BCUT2D eigenvalue weighted by molar-refractivity contribution is 5.88. The lowest BCUT2D eigenvalue weighted by atomic mass is 9.80. The Hall–Kier alpha value is -3.26. The van der Waals surface area contributed by atoms with E-state index in [1.165, 1.54) is 6.07 Å². The van der Waals surface area contributed by atoms with Gasteiger partial charge in [0.15, 0.2) is 0 Å². The molecule has 8 heteroatoms. The number of aromatic nitrogens is 3. The van der Waals surface area contributed by atoms with Crippen molar-refractivity contribution in [2.45, 2.75) is 39.2 Å². The molecule has 2 aromatic heterocycles. The van der Waals surface area contributed by atoms with Crippen molar-refractivity contribution in [2.75, 3.05) is 30.4 Å². The first-order valence-corrected chi connectivity index (χ1v) is 11.9. The van der Waals surface area contributed by atoms with E-state index in [1.54, 1.807) is 12.3 Å². The van der Waals surface area contributed by atoms with Gasteiger partial charge in [0.2, 0.25) is 0 Å². The summed E-state index contributed by atoms with van der Waals surface area (Å²) in [5, 5.41) is 3.14. The maximum absolute atomic E-state index is 14.6. The fourth-order valence-corrected chi connectivity index (χ4v) is 6.00. The molecule has 1 unspecified atom stereocenters. The van der Waals surface area contributed by atoms with E-state index in [2.05, 4.69) is 22.1 Å². The molecule has 2 fully saturated rings. The van der Waals surface area contributed by atoms with E-state index < -0.39 is 0 Å². The maximum Gasteiger partial charge on any atom is 0.324 e. The van der Waals surface area contributed by atoms with Gasteiger partial charge < -0.3 is 20.7 Å². The van der Waals surface area contributed by atoms with Crippen LogP contribution in [0.15, 0.2) is 30.5 Å². The number of nitrogens with two attached hydrogens (primary N) is 1. The van der Waals surface area contributed by atoms with Gasteiger partial charge in [0.1, 0.15) is 17.4 Å². The zero-order valence-electron chi connectivity index (χ0n) is 19.7. The summed E-state index contributed by atoms with van der Waals surface area (Å²) in [5.74, 6) is 1.62. The number of hydrogen-bond donors (Lipinski definition) is 2. The second kappa shape index (κ2) is 7.63. The third-order valence-corrected chi connectivity index (χ3v) is 8.01. The van der Waals surface area contributed by atoms with Crippen molar-refractivity contribution in [2.24, 2.45) is 17.1 Å². The van der Waals surface area contributed by atoms with Gasteiger partial charge in [0.25, 0.3) is 0 Å². The van der Waals surface area contributed by atoms with Gasteiger partial charge in [-0.15, -0.1) is 0 Å². The van der Waals surface area contributed by atoms with Crippen LogP contribution in [0.25, 0.3) is 11.1 Å². The standard InChI is InChI=1S/C26H29FN6O/c1-14-4-6-17(11-30-14)34-25-31-21-10-18-19(8-16(27)9-20(18)29-3)23(21)24(32-25)33-12-15-5-7-22(28)26(15,2)13-33/h4,6,8-9,11,15,22,29H,5,7,10,12-13,28H2,1-3H3/t15-,22?,26+/m1/s1. The van der Waals surface area contributed by atoms with E-state index >= 15 is 0 Å². The van der Waals surface area contributed by atoms with Crippen molar-refractivity contribution in [3.8, 4) is 22.9 Å². The number of halogens is 1. The second-order valence-corrected chi connectivity index (χ2v) is 10.1. The molecule has 0 spiro atoms. The monoisotopic (exact) mass is 460 g/mol. The number of rotatable bonds is 4. The molecular weight excluding hydrogens is 431 g/mol. The molecule has 6 rings (SSSR count). The topological polar surface area (TPSA) is 89.2 Å². The number of fused-ring (bicyclic) bond motifs is 4. The molecule has 0 amide bonds. The van der Waals surface area contributed by atoms with Crippen LogP contribution in [0.2, 0.25) is 0 Å². The summed E-state index contributed by atoms with van der Waals surface area (Å²) in [6.45, 7) is 5.91. The Morgan fingerprint density at radius 3 is 2.82 bits per heavy atom. The van der Waals surface area contributed by atoms with Crippen LogP contribution >= 0.6 is 0 Å². The third kappa shape index (κ3) is 3.23. The summed E-state index contributed by atoms with van der Waals surface area (Å²) < 4.78 is 20.6. The molecular formula is C26H29FN6O. The molecule has 0 bridgehead atoms. The highest BCUT2D eigenvalue weighted by Crippen LogP contribution is 2.52. The van der Waals surface area contributed by atoms with Crippen LogP contribution in [-0.2, 0) is 6.42 Å². The summed E-state index contributed by atoms with van der Waals surface area (Å²) in [4.78, 5) is 16.3. The Morgan fingerprint density at radius 2 is 2.09 bits per heavy atom. The molecule has 0 radical (unpaired) electrons. The molecule has 3 heterocycles. The van der Waals surface area contributed by atoms with Gasteiger partial charge in [-0.25, -0.2) is 4.39 Å². The average Bonchev–Trinajstić information content (AvgIpc) is 3.44. The molecule has 3 aliphatic rings. The van der Waals surface area contributed by atoms with E-state index in [1.807, 2.05) is 26.1 Å². The molecule has 3 aromatic rings. The maximum atomic E-state index is 14.6. The molecule has 1 saturated heterocycles. The highest BCUT2D eigenvalue weighted by atomic mass is 19.1. The lowest BCUT2D eigenvalue weighted by molar-refractivity contribution is 0.273. The third-order valence-electron chi connectivity index (χ3n) is 8.01. The van der Waals surface area contributed by atoms with Crippen molar-refractivity contribution in [3.05, 3.63) is 53.2 Å². The van der Waals surface area contributed by atoms with Gasteiger partial charge in [-0.2, -0.15) is 9.97 Å². The van der Waals surface area contributed by atoms with E-state index in [-0.39, 0.29) is 23.3 Å². The van der Waals surface area contributed by atoms with Crippen molar-refractivity contribution < 1.29 is 9.13 Å². The number of nitrogens with zero attached hydrogens (tertiary/aromatic N) is 4. The van der Waals surface area contributed by atoms with Crippen LogP contribution in [-0.4, -0.2) is 41.1 Å². The van der Waals surface area contributed by atoms with Crippen LogP contribution in [0.1, 0.15) is 36.7 Å². The molecule has 7 nitrogen and oxygen atoms in total. The van der Waals surface area contributed by atoms with Crippen LogP contribution < -0.4 is 20.7 Å². The van der Waals surface area contributed by atoms with Crippen molar-refractivity contribution >= 4 is 11.5 Å². The zero-order valence-corrected chi connectivity index (χ0v) is 19.7. The number of ether oxygens (including phenoxy) is 1. The first-order chi connectivity index (χ1) is 16.4. The Balaban J connectivity index is 1.47. The lowest BCUT2D eigenvalue weighted by Crippen LogP contribution is -2.40. The fourth-order valence-electron chi connectivity index (χ4n) is 6.00. The number of benzene rings is 1. The summed E-state index contributed by atoms with van der Waals surface area (Å²) in [6.07, 6.45) is 4.45. The first-order valence-electron chi connectivity index (χ1n) is 11.9. The normalized spacial score (nSPS) is 24.7. The van der Waals surface area contributed by atoms with Gasteiger partial charge in [0.05, 0.1) is 11.9 Å². The van der Waals surface area contributed by atoms with Crippen LogP contribution in [0.4, 0.5) is 15.9 Å². The average molecular weight is 461 g/mol. The minimum atomic E-state index is -0.278. The minimum absolute atomic E-state index is 0.0409. The van der Waals surface area contributed by atoms with E-state index in [4.69, 9.17) is 20.4 Å². The largest absolute Gasteiger partial charge is 0.423 e. The first kappa shape index (κ1) is 21.3. The quantitative estimate of drug-likeness (QED) is 0.470. The van der Waals surface area contributed by atoms with Gasteiger partial charge in [-0.1, -0.05) is 6.92 Å². The summed E-state index contributed by atoms with van der Waals surface area (Å²) in [5.41, 5.74) is 11.9. The molecule has 1 aromatic carbocycles. The van der Waals surface area contributed by atoms with Gasteiger partial charge >= 0.3 is 6.01 Å². The molecule has 1 aliphatic heterocycles.